The van der Waals surface area contributed by atoms with Crippen LogP contribution >= 0.6 is 0 Å². The Morgan fingerprint density at radius 2 is 2.00 bits per heavy atom. The number of nitrogens with zero attached hydrogens (tertiary/aromatic N) is 3. The zero-order chi connectivity index (χ0) is 13.5. The van der Waals surface area contributed by atoms with Crippen LogP contribution in [-0.2, 0) is 6.54 Å². The summed E-state index contributed by atoms with van der Waals surface area (Å²) < 4.78 is 2.01. The minimum Gasteiger partial charge on any atom is -0.316 e. The molecule has 4 heteroatoms. The maximum atomic E-state index is 4.20. The third kappa shape index (κ3) is 4.31. The first-order chi connectivity index (χ1) is 9.27. The van der Waals surface area contributed by atoms with Crippen molar-refractivity contribution in [1.29, 1.82) is 0 Å². The minimum absolute atomic E-state index is 0.738. The lowest BCUT2D eigenvalue weighted by atomic mass is 10.2. The molecule has 0 saturated heterocycles. The Morgan fingerprint density at radius 1 is 1.16 bits per heavy atom. The Kier molecular flexibility index (Phi) is 5.33. The molecule has 0 fully saturated rings. The molecule has 0 atom stereocenters. The van der Waals surface area contributed by atoms with Crippen LogP contribution in [0.25, 0.3) is 11.0 Å². The second kappa shape index (κ2) is 7.24. The molecule has 19 heavy (non-hydrogen) atoms. The van der Waals surface area contributed by atoms with Crippen molar-refractivity contribution in [3.8, 4) is 0 Å². The van der Waals surface area contributed by atoms with Gasteiger partial charge in [0.1, 0.15) is 5.52 Å². The fourth-order valence-electron chi connectivity index (χ4n) is 2.16. The van der Waals surface area contributed by atoms with Crippen LogP contribution in [0.15, 0.2) is 24.3 Å². The lowest BCUT2D eigenvalue weighted by Gasteiger charge is -2.07. The number of benzene rings is 1. The molecule has 0 amide bonds. The van der Waals surface area contributed by atoms with E-state index in [0.717, 1.165) is 43.0 Å². The predicted octanol–water partition coefficient (Wildman–Crippen LogP) is 2.85. The van der Waals surface area contributed by atoms with E-state index in [2.05, 4.69) is 35.5 Å². The van der Waals surface area contributed by atoms with Gasteiger partial charge >= 0.3 is 0 Å². The Bertz CT molecular complexity index is 490. The summed E-state index contributed by atoms with van der Waals surface area (Å²) in [6.45, 7) is 7.68. The Labute approximate surface area is 115 Å². The number of aromatic nitrogens is 3. The predicted molar refractivity (Wildman–Crippen MR) is 79.1 cm³/mol. The molecule has 4 nitrogen and oxygen atoms in total. The van der Waals surface area contributed by atoms with Crippen LogP contribution in [0.3, 0.4) is 0 Å². The summed E-state index contributed by atoms with van der Waals surface area (Å²) >= 11 is 0. The van der Waals surface area contributed by atoms with Crippen molar-refractivity contribution < 1.29 is 0 Å². The molecular formula is C15H24N4. The lowest BCUT2D eigenvalue weighted by molar-refractivity contribution is 0.505. The third-order valence-electron chi connectivity index (χ3n) is 3.20. The van der Waals surface area contributed by atoms with E-state index in [-0.39, 0.29) is 0 Å². The largest absolute Gasteiger partial charge is 0.316 e. The molecule has 0 saturated carbocycles. The normalized spacial score (nSPS) is 11.5. The molecule has 0 spiro atoms. The van der Waals surface area contributed by atoms with Crippen molar-refractivity contribution in [2.24, 2.45) is 5.92 Å². The number of nitrogens with one attached hydrogen (secondary N) is 1. The van der Waals surface area contributed by atoms with Gasteiger partial charge in [-0.25, -0.2) is 4.68 Å². The summed E-state index contributed by atoms with van der Waals surface area (Å²) in [5, 5.41) is 11.8. The van der Waals surface area contributed by atoms with Gasteiger partial charge in [0.25, 0.3) is 0 Å². The van der Waals surface area contributed by atoms with Gasteiger partial charge in [-0.05, 0) is 44.0 Å². The van der Waals surface area contributed by atoms with E-state index in [0.29, 0.717) is 0 Å². The first kappa shape index (κ1) is 14.0. The fourth-order valence-corrected chi connectivity index (χ4v) is 2.16. The third-order valence-corrected chi connectivity index (χ3v) is 3.20. The van der Waals surface area contributed by atoms with Crippen LogP contribution in [0.4, 0.5) is 0 Å². The van der Waals surface area contributed by atoms with Crippen LogP contribution in [-0.4, -0.2) is 28.1 Å². The van der Waals surface area contributed by atoms with Gasteiger partial charge in [0.15, 0.2) is 0 Å². The van der Waals surface area contributed by atoms with Gasteiger partial charge < -0.3 is 5.32 Å². The second-order valence-electron chi connectivity index (χ2n) is 5.46. The molecule has 1 aromatic heterocycles. The van der Waals surface area contributed by atoms with Crippen molar-refractivity contribution in [3.63, 3.8) is 0 Å². The Morgan fingerprint density at radius 3 is 2.84 bits per heavy atom. The van der Waals surface area contributed by atoms with E-state index in [1.54, 1.807) is 0 Å². The summed E-state index contributed by atoms with van der Waals surface area (Å²) in [5.41, 5.74) is 2.13. The fraction of sp³-hybridized carbons (Fsp3) is 0.600. The molecule has 1 N–H and O–H groups in total. The number of hydrogen-bond acceptors (Lipinski definition) is 3. The van der Waals surface area contributed by atoms with Gasteiger partial charge in [0.05, 0.1) is 5.52 Å². The van der Waals surface area contributed by atoms with Gasteiger partial charge in [-0.3, -0.25) is 0 Å². The molecule has 2 aromatic rings. The Balaban J connectivity index is 1.66. The summed E-state index contributed by atoms with van der Waals surface area (Å²) in [7, 11) is 0. The summed E-state index contributed by atoms with van der Waals surface area (Å²) in [4.78, 5) is 0. The SMILES string of the molecule is CC(C)CNCCCCCn1nnc2ccccc21. The van der Waals surface area contributed by atoms with E-state index in [1.807, 2.05) is 22.9 Å². The highest BCUT2D eigenvalue weighted by atomic mass is 15.4. The molecule has 1 aromatic carbocycles. The van der Waals surface area contributed by atoms with Gasteiger partial charge in [-0.1, -0.05) is 37.6 Å². The van der Waals surface area contributed by atoms with E-state index >= 15 is 0 Å². The van der Waals surface area contributed by atoms with Crippen molar-refractivity contribution in [1.82, 2.24) is 20.3 Å². The van der Waals surface area contributed by atoms with Crippen LogP contribution in [0, 0.1) is 5.92 Å². The van der Waals surface area contributed by atoms with Gasteiger partial charge in [0, 0.05) is 6.54 Å². The smallest absolute Gasteiger partial charge is 0.113 e. The summed E-state index contributed by atoms with van der Waals surface area (Å²) in [6.07, 6.45) is 3.63. The van der Waals surface area contributed by atoms with E-state index in [1.165, 1.54) is 12.8 Å². The average Bonchev–Trinajstić information content (AvgIpc) is 2.81. The van der Waals surface area contributed by atoms with E-state index in [4.69, 9.17) is 0 Å². The topological polar surface area (TPSA) is 42.7 Å². The number of aryl methyl sites for hydroxylation is 1. The highest BCUT2D eigenvalue weighted by molar-refractivity contribution is 5.73. The first-order valence-corrected chi connectivity index (χ1v) is 7.26. The van der Waals surface area contributed by atoms with Crippen LogP contribution in [0.5, 0.6) is 0 Å². The number of rotatable bonds is 8. The molecule has 0 bridgehead atoms. The monoisotopic (exact) mass is 260 g/mol. The van der Waals surface area contributed by atoms with Crippen molar-refractivity contribution in [2.75, 3.05) is 13.1 Å². The van der Waals surface area contributed by atoms with Crippen LogP contribution in [0.2, 0.25) is 0 Å². The minimum atomic E-state index is 0.738. The first-order valence-electron chi connectivity index (χ1n) is 7.26. The molecule has 0 aliphatic rings. The number of para-hydroxylation sites is 1. The maximum absolute atomic E-state index is 4.20. The molecule has 2 rings (SSSR count). The standard InChI is InChI=1S/C15H24N4/c1-13(2)12-16-10-6-3-7-11-19-15-9-5-4-8-14(15)17-18-19/h4-5,8-9,13,16H,3,6-7,10-12H2,1-2H3. The maximum Gasteiger partial charge on any atom is 0.113 e. The zero-order valence-corrected chi connectivity index (χ0v) is 12.0. The number of fused-ring (bicyclic) bond motifs is 1. The van der Waals surface area contributed by atoms with Crippen LogP contribution < -0.4 is 5.32 Å². The molecule has 104 valence electrons. The second-order valence-corrected chi connectivity index (χ2v) is 5.46. The summed E-state index contributed by atoms with van der Waals surface area (Å²) in [6, 6.07) is 8.13. The molecule has 0 aliphatic heterocycles. The number of hydrogen-bond donors (Lipinski definition) is 1. The summed E-state index contributed by atoms with van der Waals surface area (Å²) in [5.74, 6) is 0.738. The van der Waals surface area contributed by atoms with Crippen molar-refractivity contribution in [3.05, 3.63) is 24.3 Å². The van der Waals surface area contributed by atoms with Gasteiger partial charge in [-0.2, -0.15) is 0 Å². The lowest BCUT2D eigenvalue weighted by Crippen LogP contribution is -2.20. The highest BCUT2D eigenvalue weighted by Crippen LogP contribution is 2.10. The Hall–Kier alpha value is -1.42. The van der Waals surface area contributed by atoms with Crippen molar-refractivity contribution in [2.45, 2.75) is 39.7 Å². The zero-order valence-electron chi connectivity index (χ0n) is 12.0. The van der Waals surface area contributed by atoms with E-state index in [9.17, 15) is 0 Å². The molecular weight excluding hydrogens is 236 g/mol. The van der Waals surface area contributed by atoms with Crippen molar-refractivity contribution >= 4 is 11.0 Å². The number of unbranched alkanes of at least 4 members (excludes halogenated alkanes) is 2. The molecule has 0 radical (unpaired) electrons. The quantitative estimate of drug-likeness (QED) is 0.742. The highest BCUT2D eigenvalue weighted by Gasteiger charge is 2.02. The van der Waals surface area contributed by atoms with Gasteiger partial charge in [-0.15, -0.1) is 5.10 Å². The van der Waals surface area contributed by atoms with Gasteiger partial charge in [0.2, 0.25) is 0 Å². The van der Waals surface area contributed by atoms with Crippen LogP contribution in [0.1, 0.15) is 33.1 Å². The molecule has 1 heterocycles. The average molecular weight is 260 g/mol. The van der Waals surface area contributed by atoms with E-state index < -0.39 is 0 Å². The molecule has 0 unspecified atom stereocenters. The molecule has 0 aliphatic carbocycles.